The second-order valence-electron chi connectivity index (χ2n) is 7.81. The molecule has 1 atom stereocenters. The van der Waals surface area contributed by atoms with Gasteiger partial charge < -0.3 is 19.2 Å². The van der Waals surface area contributed by atoms with Gasteiger partial charge >= 0.3 is 5.63 Å². The zero-order valence-electron chi connectivity index (χ0n) is 15.8. The summed E-state index contributed by atoms with van der Waals surface area (Å²) in [6, 6.07) is 5.64. The van der Waals surface area contributed by atoms with Crippen molar-refractivity contribution in [1.82, 2.24) is 4.90 Å². The van der Waals surface area contributed by atoms with Gasteiger partial charge in [-0.3, -0.25) is 0 Å². The highest BCUT2D eigenvalue weighted by Crippen LogP contribution is 2.29. The minimum Gasteiger partial charge on any atom is -0.491 e. The first-order valence-corrected chi connectivity index (χ1v) is 9.72. The average Bonchev–Trinajstić information content (AvgIpc) is 3.12. The van der Waals surface area contributed by atoms with Gasteiger partial charge in [-0.25, -0.2) is 4.79 Å². The highest BCUT2D eigenvalue weighted by atomic mass is 35.5. The van der Waals surface area contributed by atoms with E-state index in [0.29, 0.717) is 17.9 Å². The number of halogens is 1. The van der Waals surface area contributed by atoms with Gasteiger partial charge in [0.05, 0.1) is 0 Å². The molecule has 6 heteroatoms. The molecule has 0 amide bonds. The normalized spacial score (nSPS) is 18.9. The quantitative estimate of drug-likeness (QED) is 0.790. The fraction of sp³-hybridized carbons (Fsp3) is 0.571. The third-order valence-corrected chi connectivity index (χ3v) is 5.73. The number of fused-ring (bicyclic) bond motifs is 3. The van der Waals surface area contributed by atoms with Crippen LogP contribution in [0.2, 0.25) is 0 Å². The number of aryl methyl sites for hydroxylation is 1. The zero-order valence-corrected chi connectivity index (χ0v) is 16.6. The predicted octanol–water partition coefficient (Wildman–Crippen LogP) is 3.18. The van der Waals surface area contributed by atoms with E-state index in [-0.39, 0.29) is 24.6 Å². The molecule has 148 valence electrons. The number of rotatable bonds is 5. The lowest BCUT2D eigenvalue weighted by molar-refractivity contribution is 0.0563. The van der Waals surface area contributed by atoms with Crippen molar-refractivity contribution < 1.29 is 14.3 Å². The largest absolute Gasteiger partial charge is 0.491 e. The molecule has 5 nitrogen and oxygen atoms in total. The molecule has 1 aliphatic heterocycles. The second-order valence-corrected chi connectivity index (χ2v) is 7.81. The van der Waals surface area contributed by atoms with Gasteiger partial charge in [0.15, 0.2) is 0 Å². The van der Waals surface area contributed by atoms with Crippen LogP contribution in [-0.4, -0.2) is 42.4 Å². The summed E-state index contributed by atoms with van der Waals surface area (Å²) in [5, 5.41) is 11.3. The van der Waals surface area contributed by atoms with Crippen molar-refractivity contribution >= 4 is 23.4 Å². The number of aliphatic hydroxyl groups excluding tert-OH is 1. The maximum absolute atomic E-state index is 12.1. The first-order chi connectivity index (χ1) is 12.6. The Morgan fingerprint density at radius 2 is 2.00 bits per heavy atom. The van der Waals surface area contributed by atoms with E-state index in [9.17, 15) is 9.90 Å². The van der Waals surface area contributed by atoms with E-state index in [0.717, 1.165) is 54.8 Å². The number of ether oxygens (including phenoxy) is 1. The predicted molar refractivity (Wildman–Crippen MR) is 108 cm³/mol. The van der Waals surface area contributed by atoms with Crippen LogP contribution in [0.1, 0.15) is 37.3 Å². The average molecular weight is 394 g/mol. The Morgan fingerprint density at radius 3 is 2.78 bits per heavy atom. The maximum atomic E-state index is 12.1. The third kappa shape index (κ3) is 4.48. The molecule has 1 unspecified atom stereocenters. The Bertz CT molecular complexity index is 842. The Morgan fingerprint density at radius 1 is 1.26 bits per heavy atom. The lowest BCUT2D eigenvalue weighted by atomic mass is 9.99. The second kappa shape index (κ2) is 8.63. The summed E-state index contributed by atoms with van der Waals surface area (Å²) in [5.41, 5.74) is 2.31. The van der Waals surface area contributed by atoms with Crippen LogP contribution in [0.4, 0.5) is 0 Å². The standard InChI is InChI=1S/C21H27NO4.ClH/c1-14-7-9-22(10-8-14)12-15(23)13-25-16-5-6-18-17-3-2-4-19(17)21(24)26-20(18)11-16;/h5-6,11,14-15,23H,2-4,7-10,12-13H2,1H3;1H. The number of likely N-dealkylation sites (tertiary alicyclic amines) is 1. The molecule has 0 spiro atoms. The molecule has 1 saturated heterocycles. The zero-order chi connectivity index (χ0) is 18.1. The highest BCUT2D eigenvalue weighted by molar-refractivity contribution is 5.85. The molecule has 1 N–H and O–H groups in total. The van der Waals surface area contributed by atoms with E-state index in [2.05, 4.69) is 11.8 Å². The van der Waals surface area contributed by atoms with Gasteiger partial charge in [-0.2, -0.15) is 0 Å². The Hall–Kier alpha value is -1.56. The molecule has 1 fully saturated rings. The molecule has 2 heterocycles. The summed E-state index contributed by atoms with van der Waals surface area (Å²) >= 11 is 0. The lowest BCUT2D eigenvalue weighted by Crippen LogP contribution is -2.40. The summed E-state index contributed by atoms with van der Waals surface area (Å²) in [7, 11) is 0. The molecule has 1 aromatic carbocycles. The van der Waals surface area contributed by atoms with Crippen LogP contribution in [0.15, 0.2) is 27.4 Å². The molecular formula is C21H28ClNO4. The molecular weight excluding hydrogens is 366 g/mol. The molecule has 27 heavy (non-hydrogen) atoms. The van der Waals surface area contributed by atoms with Crippen molar-refractivity contribution in [1.29, 1.82) is 0 Å². The SMILES string of the molecule is CC1CCN(CC(O)COc2ccc3c4c(c(=O)oc3c2)CCC4)CC1.Cl. The summed E-state index contributed by atoms with van der Waals surface area (Å²) in [6.07, 6.45) is 4.63. The van der Waals surface area contributed by atoms with Crippen LogP contribution in [0.25, 0.3) is 11.0 Å². The van der Waals surface area contributed by atoms with Gasteiger partial charge in [0.1, 0.15) is 24.0 Å². The number of nitrogens with zero attached hydrogens (tertiary/aromatic N) is 1. The van der Waals surface area contributed by atoms with E-state index in [4.69, 9.17) is 9.15 Å². The van der Waals surface area contributed by atoms with Crippen LogP contribution in [-0.2, 0) is 12.8 Å². The molecule has 0 saturated carbocycles. The van der Waals surface area contributed by atoms with Crippen molar-refractivity contribution in [2.24, 2.45) is 5.92 Å². The number of β-amino-alcohol motifs (C(OH)–C–C–N with tert-alkyl or cyclic N) is 1. The van der Waals surface area contributed by atoms with Gasteiger partial charge in [0, 0.05) is 23.6 Å². The van der Waals surface area contributed by atoms with E-state index >= 15 is 0 Å². The number of hydrogen-bond acceptors (Lipinski definition) is 5. The monoisotopic (exact) mass is 393 g/mol. The van der Waals surface area contributed by atoms with Crippen LogP contribution in [0.3, 0.4) is 0 Å². The fourth-order valence-corrected chi connectivity index (χ4v) is 4.14. The highest BCUT2D eigenvalue weighted by Gasteiger charge is 2.21. The van der Waals surface area contributed by atoms with E-state index in [1.807, 2.05) is 12.1 Å². The first kappa shape index (κ1) is 20.2. The van der Waals surface area contributed by atoms with Gasteiger partial charge in [0.25, 0.3) is 0 Å². The number of benzene rings is 1. The Labute approximate surface area is 165 Å². The van der Waals surface area contributed by atoms with E-state index in [1.54, 1.807) is 6.07 Å². The van der Waals surface area contributed by atoms with E-state index in [1.165, 1.54) is 12.8 Å². The Balaban J connectivity index is 0.00000210. The summed E-state index contributed by atoms with van der Waals surface area (Å²) < 4.78 is 11.2. The third-order valence-electron chi connectivity index (χ3n) is 5.73. The van der Waals surface area contributed by atoms with Gasteiger partial charge in [-0.1, -0.05) is 6.92 Å². The smallest absolute Gasteiger partial charge is 0.339 e. The molecule has 0 radical (unpaired) electrons. The number of aliphatic hydroxyl groups is 1. The lowest BCUT2D eigenvalue weighted by Gasteiger charge is -2.31. The van der Waals surface area contributed by atoms with Crippen molar-refractivity contribution in [3.05, 3.63) is 39.7 Å². The Kier molecular flexibility index (Phi) is 6.45. The maximum Gasteiger partial charge on any atom is 0.339 e. The molecule has 1 aliphatic carbocycles. The van der Waals surface area contributed by atoms with Gasteiger partial charge in [-0.05, 0) is 68.8 Å². The first-order valence-electron chi connectivity index (χ1n) is 9.72. The van der Waals surface area contributed by atoms with Crippen LogP contribution < -0.4 is 10.4 Å². The minimum absolute atomic E-state index is 0. The molecule has 0 bridgehead atoms. The fourth-order valence-electron chi connectivity index (χ4n) is 4.14. The molecule has 1 aromatic heterocycles. The molecule has 2 aliphatic rings. The summed E-state index contributed by atoms with van der Waals surface area (Å²) in [6.45, 7) is 5.26. The number of hydrogen-bond donors (Lipinski definition) is 1. The number of piperidine rings is 1. The van der Waals surface area contributed by atoms with Crippen molar-refractivity contribution in [3.8, 4) is 5.75 Å². The van der Waals surface area contributed by atoms with Crippen LogP contribution >= 0.6 is 12.4 Å². The van der Waals surface area contributed by atoms with Gasteiger partial charge in [0.2, 0.25) is 0 Å². The van der Waals surface area contributed by atoms with Gasteiger partial charge in [-0.15, -0.1) is 12.4 Å². The molecule has 4 rings (SSSR count). The minimum atomic E-state index is -0.522. The van der Waals surface area contributed by atoms with E-state index < -0.39 is 6.10 Å². The van der Waals surface area contributed by atoms with Crippen LogP contribution in [0, 0.1) is 5.92 Å². The van der Waals surface area contributed by atoms with Crippen molar-refractivity contribution in [3.63, 3.8) is 0 Å². The van der Waals surface area contributed by atoms with Crippen molar-refractivity contribution in [2.75, 3.05) is 26.2 Å². The van der Waals surface area contributed by atoms with Crippen LogP contribution in [0.5, 0.6) is 5.75 Å². The molecule has 2 aromatic rings. The van der Waals surface area contributed by atoms with Crippen molar-refractivity contribution in [2.45, 2.75) is 45.1 Å². The summed E-state index contributed by atoms with van der Waals surface area (Å²) in [5.74, 6) is 1.42. The summed E-state index contributed by atoms with van der Waals surface area (Å²) in [4.78, 5) is 14.4. The topological polar surface area (TPSA) is 62.9 Å².